The van der Waals surface area contributed by atoms with Crippen molar-refractivity contribution in [3.63, 3.8) is 0 Å². The van der Waals surface area contributed by atoms with Gasteiger partial charge in [0, 0.05) is 5.92 Å². The molecule has 0 amide bonds. The molecule has 1 saturated heterocycles. The topological polar surface area (TPSA) is 99.1 Å². The summed E-state index contributed by atoms with van der Waals surface area (Å²) >= 11 is 0. The SMILES string of the molecule is C.C.C.C.CCC1(OC(=O)C(C)C2C(=O)OC(=O)C2C(C)OCCO)CC2CC1C1CCCC21. The Morgan fingerprint density at radius 2 is 1.71 bits per heavy atom. The van der Waals surface area contributed by atoms with Gasteiger partial charge in [-0.1, -0.05) is 50.0 Å². The van der Waals surface area contributed by atoms with Gasteiger partial charge in [-0.05, 0) is 56.8 Å². The van der Waals surface area contributed by atoms with Crippen molar-refractivity contribution in [1.29, 1.82) is 0 Å². The minimum Gasteiger partial charge on any atom is -0.459 e. The lowest BCUT2D eigenvalue weighted by Crippen LogP contribution is -2.47. The molecule has 9 unspecified atom stereocenters. The molecule has 4 fully saturated rings. The smallest absolute Gasteiger partial charge is 0.320 e. The molecule has 0 spiro atoms. The van der Waals surface area contributed by atoms with E-state index in [2.05, 4.69) is 6.92 Å². The molecule has 0 aromatic rings. The maximum atomic E-state index is 13.2. The van der Waals surface area contributed by atoms with Crippen molar-refractivity contribution < 1.29 is 33.7 Å². The molecule has 4 rings (SSSR count). The van der Waals surface area contributed by atoms with Crippen LogP contribution in [0, 0.1) is 41.4 Å². The lowest BCUT2D eigenvalue weighted by Gasteiger charge is -2.42. The van der Waals surface area contributed by atoms with Gasteiger partial charge in [0.2, 0.25) is 0 Å². The predicted octanol–water partition coefficient (Wildman–Crippen LogP) is 5.03. The highest BCUT2D eigenvalue weighted by Crippen LogP contribution is 2.64. The minimum atomic E-state index is -0.926. The quantitative estimate of drug-likeness (QED) is 0.379. The number of carbonyl (C=O) groups excluding carboxylic acids is 3. The van der Waals surface area contributed by atoms with E-state index in [-0.39, 0.29) is 42.9 Å². The largest absolute Gasteiger partial charge is 0.459 e. The molecular formula is C27H50O7. The van der Waals surface area contributed by atoms with Crippen LogP contribution in [0.1, 0.15) is 89.0 Å². The lowest BCUT2D eigenvalue weighted by molar-refractivity contribution is -0.179. The molecule has 0 aromatic carbocycles. The van der Waals surface area contributed by atoms with Crippen LogP contribution in [-0.4, -0.2) is 47.9 Å². The molecule has 3 aliphatic carbocycles. The predicted molar refractivity (Wildman–Crippen MR) is 133 cm³/mol. The third kappa shape index (κ3) is 5.20. The first-order valence-corrected chi connectivity index (χ1v) is 11.5. The summed E-state index contributed by atoms with van der Waals surface area (Å²) in [6.07, 6.45) is 6.01. The minimum absolute atomic E-state index is 0. The number of hydrogen-bond acceptors (Lipinski definition) is 7. The first-order valence-electron chi connectivity index (χ1n) is 11.5. The highest BCUT2D eigenvalue weighted by atomic mass is 16.6. The summed E-state index contributed by atoms with van der Waals surface area (Å²) < 4.78 is 16.5. The first-order chi connectivity index (χ1) is 14.3. The van der Waals surface area contributed by atoms with Crippen LogP contribution >= 0.6 is 0 Å². The standard InChI is InChI=1S/C23H34O7.4CH4/c1-4-23(11-14-10-17(23)16-7-5-6-15(14)16)30-20(25)12(2)18-19(13(3)28-9-8-24)22(27)29-21(18)26;;;;/h12-19,24H,4-11H2,1-3H3;4*1H4. The number of hydrogen-bond donors (Lipinski definition) is 1. The fourth-order valence-corrected chi connectivity index (χ4v) is 7.12. The zero-order valence-electron chi connectivity index (χ0n) is 18.2. The maximum absolute atomic E-state index is 13.2. The van der Waals surface area contributed by atoms with Crippen molar-refractivity contribution in [2.24, 2.45) is 41.4 Å². The van der Waals surface area contributed by atoms with Crippen LogP contribution in [0.25, 0.3) is 0 Å². The fraction of sp³-hybridized carbons (Fsp3) is 0.889. The number of esters is 3. The van der Waals surface area contributed by atoms with Crippen molar-refractivity contribution >= 4 is 17.9 Å². The van der Waals surface area contributed by atoms with Crippen molar-refractivity contribution in [3.8, 4) is 0 Å². The third-order valence-electron chi connectivity index (χ3n) is 8.51. The van der Waals surface area contributed by atoms with Crippen molar-refractivity contribution in [1.82, 2.24) is 0 Å². The molecule has 4 aliphatic rings. The molecule has 1 aliphatic heterocycles. The number of aliphatic hydroxyl groups is 1. The van der Waals surface area contributed by atoms with Gasteiger partial charge in [0.15, 0.2) is 0 Å². The number of cyclic esters (lactones) is 2. The molecule has 1 heterocycles. The van der Waals surface area contributed by atoms with Gasteiger partial charge in [-0.15, -0.1) is 0 Å². The molecule has 34 heavy (non-hydrogen) atoms. The van der Waals surface area contributed by atoms with Gasteiger partial charge in [0.1, 0.15) is 5.60 Å². The van der Waals surface area contributed by atoms with E-state index in [1.165, 1.54) is 19.3 Å². The molecule has 9 atom stereocenters. The van der Waals surface area contributed by atoms with E-state index in [1.54, 1.807) is 13.8 Å². The summed E-state index contributed by atoms with van der Waals surface area (Å²) in [6, 6.07) is 0. The molecular weight excluding hydrogens is 436 g/mol. The van der Waals surface area contributed by atoms with Crippen LogP contribution in [0.5, 0.6) is 0 Å². The Morgan fingerprint density at radius 3 is 2.32 bits per heavy atom. The van der Waals surface area contributed by atoms with Gasteiger partial charge < -0.3 is 19.3 Å². The summed E-state index contributed by atoms with van der Waals surface area (Å²) in [5.41, 5.74) is -0.442. The third-order valence-corrected chi connectivity index (χ3v) is 8.51. The molecule has 3 saturated carbocycles. The van der Waals surface area contributed by atoms with E-state index in [9.17, 15) is 14.4 Å². The van der Waals surface area contributed by atoms with Gasteiger partial charge in [-0.2, -0.15) is 0 Å². The van der Waals surface area contributed by atoms with E-state index >= 15 is 0 Å². The van der Waals surface area contributed by atoms with Crippen molar-refractivity contribution in [2.75, 3.05) is 13.2 Å². The van der Waals surface area contributed by atoms with Crippen LogP contribution in [0.15, 0.2) is 0 Å². The molecule has 7 nitrogen and oxygen atoms in total. The van der Waals surface area contributed by atoms with Gasteiger partial charge in [-0.3, -0.25) is 14.4 Å². The summed E-state index contributed by atoms with van der Waals surface area (Å²) in [5.74, 6) is -1.87. The molecule has 0 aromatic heterocycles. The number of carbonyl (C=O) groups is 3. The highest BCUT2D eigenvalue weighted by molar-refractivity contribution is 5.99. The molecule has 0 radical (unpaired) electrons. The van der Waals surface area contributed by atoms with Crippen LogP contribution in [0.2, 0.25) is 0 Å². The van der Waals surface area contributed by atoms with E-state index in [4.69, 9.17) is 19.3 Å². The number of fused-ring (bicyclic) bond motifs is 5. The van der Waals surface area contributed by atoms with Crippen LogP contribution < -0.4 is 0 Å². The number of rotatable bonds is 8. The average Bonchev–Trinajstić information content (AvgIpc) is 3.46. The monoisotopic (exact) mass is 486 g/mol. The second-order valence-electron chi connectivity index (χ2n) is 9.78. The Kier molecular flexibility index (Phi) is 11.9. The Morgan fingerprint density at radius 1 is 1.09 bits per heavy atom. The molecule has 7 heteroatoms. The van der Waals surface area contributed by atoms with Gasteiger partial charge in [-0.25, -0.2) is 0 Å². The van der Waals surface area contributed by atoms with Crippen LogP contribution in [0.4, 0.5) is 0 Å². The van der Waals surface area contributed by atoms with E-state index in [0.29, 0.717) is 17.8 Å². The lowest BCUT2D eigenvalue weighted by atomic mass is 9.71. The Labute approximate surface area is 207 Å². The van der Waals surface area contributed by atoms with Crippen molar-refractivity contribution in [2.45, 2.75) is 101 Å². The summed E-state index contributed by atoms with van der Waals surface area (Å²) in [5, 5.41) is 8.99. The van der Waals surface area contributed by atoms with Crippen LogP contribution in [-0.2, 0) is 28.6 Å². The molecule has 2 bridgehead atoms. The zero-order chi connectivity index (χ0) is 21.6. The second kappa shape index (κ2) is 12.5. The Hall–Kier alpha value is -1.47. The second-order valence-corrected chi connectivity index (χ2v) is 9.78. The Bertz CT molecular complexity index is 707. The molecule has 200 valence electrons. The van der Waals surface area contributed by atoms with Crippen molar-refractivity contribution in [3.05, 3.63) is 0 Å². The van der Waals surface area contributed by atoms with E-state index in [1.807, 2.05) is 0 Å². The highest BCUT2D eigenvalue weighted by Gasteiger charge is 2.62. The van der Waals surface area contributed by atoms with E-state index < -0.39 is 47.4 Å². The number of aliphatic hydroxyl groups excluding tert-OH is 1. The summed E-state index contributed by atoms with van der Waals surface area (Å²) in [7, 11) is 0. The summed E-state index contributed by atoms with van der Waals surface area (Å²) in [6.45, 7) is 5.26. The normalized spacial score (nSPS) is 36.7. The fourth-order valence-electron chi connectivity index (χ4n) is 7.12. The summed E-state index contributed by atoms with van der Waals surface area (Å²) in [4.78, 5) is 37.9. The van der Waals surface area contributed by atoms with Gasteiger partial charge in [0.25, 0.3) is 0 Å². The van der Waals surface area contributed by atoms with Gasteiger partial charge >= 0.3 is 17.9 Å². The molecule has 1 N–H and O–H groups in total. The maximum Gasteiger partial charge on any atom is 0.320 e. The average molecular weight is 487 g/mol. The first kappa shape index (κ1) is 32.5. The van der Waals surface area contributed by atoms with Gasteiger partial charge in [0.05, 0.1) is 37.1 Å². The zero-order valence-corrected chi connectivity index (χ0v) is 18.2. The van der Waals surface area contributed by atoms with Crippen LogP contribution in [0.3, 0.4) is 0 Å². The number of ether oxygens (including phenoxy) is 3. The Balaban J connectivity index is 0.00000272. The van der Waals surface area contributed by atoms with E-state index in [0.717, 1.165) is 25.2 Å².